The first-order valence-electron chi connectivity index (χ1n) is 34.0. The van der Waals surface area contributed by atoms with E-state index in [1.54, 1.807) is 0 Å². The highest BCUT2D eigenvalue weighted by Crippen LogP contribution is 2.38. The third-order valence-electron chi connectivity index (χ3n) is 15.4. The molecule has 0 spiro atoms. The van der Waals surface area contributed by atoms with Gasteiger partial charge in [0.05, 0.1) is 27.7 Å². The van der Waals surface area contributed by atoms with Crippen LogP contribution < -0.4 is 4.89 Å². The number of phosphoric ester groups is 1. The number of hydrogen-bond donors (Lipinski definition) is 0. The van der Waals surface area contributed by atoms with E-state index in [0.29, 0.717) is 17.4 Å². The van der Waals surface area contributed by atoms with E-state index in [9.17, 15) is 19.0 Å². The first-order chi connectivity index (χ1) is 38.0. The molecular formula is C68H132NO8P. The summed E-state index contributed by atoms with van der Waals surface area (Å²) < 4.78 is 34.3. The van der Waals surface area contributed by atoms with Crippen molar-refractivity contribution in [2.75, 3.05) is 47.5 Å². The molecule has 0 aliphatic rings. The van der Waals surface area contributed by atoms with Crippen LogP contribution in [-0.2, 0) is 32.7 Å². The molecule has 0 saturated carbocycles. The molecule has 0 saturated heterocycles. The van der Waals surface area contributed by atoms with Gasteiger partial charge < -0.3 is 27.9 Å². The molecule has 0 aromatic rings. The van der Waals surface area contributed by atoms with Crippen molar-refractivity contribution in [1.82, 2.24) is 0 Å². The number of ether oxygens (including phenoxy) is 2. The standard InChI is InChI=1S/C68H132NO8P/c1-6-8-10-12-14-16-18-20-22-24-26-28-30-32-33-34-35-37-39-41-43-45-47-49-51-53-55-57-59-61-68(71)77-66(65-76-78(72,73)75-63-62-69(3,4)5)64-74-67(70)60-58-56-54-52-50-48-46-44-42-40-38-36-31-29-27-25-23-21-19-17-15-13-11-9-7-2/h24-27,66H,6-23,28-65H2,1-5H3/b26-24-,27-25-. The Labute approximate surface area is 485 Å². The van der Waals surface area contributed by atoms with E-state index < -0.39 is 26.5 Å². The van der Waals surface area contributed by atoms with Crippen molar-refractivity contribution >= 4 is 19.8 Å². The minimum atomic E-state index is -4.64. The Kier molecular flexibility index (Phi) is 58.9. The molecule has 2 unspecified atom stereocenters. The van der Waals surface area contributed by atoms with Crippen LogP contribution >= 0.6 is 7.82 Å². The molecular weight excluding hydrogens is 990 g/mol. The summed E-state index contributed by atoms with van der Waals surface area (Å²) in [6.07, 6.45) is 74.0. The lowest BCUT2D eigenvalue weighted by atomic mass is 10.0. The van der Waals surface area contributed by atoms with Crippen LogP contribution in [0.1, 0.15) is 348 Å². The van der Waals surface area contributed by atoms with Crippen molar-refractivity contribution in [3.05, 3.63) is 24.3 Å². The van der Waals surface area contributed by atoms with Gasteiger partial charge in [-0.3, -0.25) is 14.2 Å². The Bertz CT molecular complexity index is 1370. The average Bonchev–Trinajstić information content (AvgIpc) is 3.41. The number of nitrogens with zero attached hydrogens (tertiary/aromatic N) is 1. The third-order valence-corrected chi connectivity index (χ3v) is 16.4. The molecule has 0 radical (unpaired) electrons. The summed E-state index contributed by atoms with van der Waals surface area (Å²) >= 11 is 0. The lowest BCUT2D eigenvalue weighted by Crippen LogP contribution is -2.37. The summed E-state index contributed by atoms with van der Waals surface area (Å²) in [5.74, 6) is -0.812. The van der Waals surface area contributed by atoms with E-state index in [2.05, 4.69) is 38.2 Å². The molecule has 0 rings (SSSR count). The van der Waals surface area contributed by atoms with Gasteiger partial charge in [0.1, 0.15) is 19.8 Å². The summed E-state index contributed by atoms with van der Waals surface area (Å²) in [5.41, 5.74) is 0. The minimum absolute atomic E-state index is 0.0276. The molecule has 0 N–H and O–H groups in total. The smallest absolute Gasteiger partial charge is 0.306 e. The van der Waals surface area contributed by atoms with Crippen LogP contribution in [0.5, 0.6) is 0 Å². The molecule has 0 heterocycles. The van der Waals surface area contributed by atoms with E-state index >= 15 is 0 Å². The molecule has 0 aliphatic heterocycles. The Morgan fingerprint density at radius 2 is 0.654 bits per heavy atom. The highest BCUT2D eigenvalue weighted by Gasteiger charge is 2.22. The van der Waals surface area contributed by atoms with Crippen LogP contribution in [0.2, 0.25) is 0 Å². The number of carbonyl (C=O) groups is 2. The largest absolute Gasteiger partial charge is 0.756 e. The average molecular weight is 1120 g/mol. The monoisotopic (exact) mass is 1120 g/mol. The molecule has 0 aliphatic carbocycles. The van der Waals surface area contributed by atoms with E-state index in [1.165, 1.54) is 283 Å². The first kappa shape index (κ1) is 76.5. The predicted octanol–water partition coefficient (Wildman–Crippen LogP) is 21.1. The number of phosphoric acid groups is 1. The maximum absolute atomic E-state index is 12.8. The molecule has 0 aromatic heterocycles. The van der Waals surface area contributed by atoms with Gasteiger partial charge in [0.25, 0.3) is 7.82 Å². The number of carbonyl (C=O) groups excluding carboxylic acids is 2. The number of likely N-dealkylation sites (N-methyl/N-ethyl adjacent to an activating group) is 1. The third kappa shape index (κ3) is 63.7. The number of esters is 2. The number of unbranched alkanes of at least 4 members (excludes halogenated alkanes) is 46. The molecule has 10 heteroatoms. The molecule has 462 valence electrons. The van der Waals surface area contributed by atoms with Gasteiger partial charge in [0, 0.05) is 12.8 Å². The van der Waals surface area contributed by atoms with Gasteiger partial charge in [-0.1, -0.05) is 295 Å². The zero-order chi connectivity index (χ0) is 57.0. The molecule has 78 heavy (non-hydrogen) atoms. The molecule has 2 atom stereocenters. The summed E-state index contributed by atoms with van der Waals surface area (Å²) in [7, 11) is 1.19. The second-order valence-corrected chi connectivity index (χ2v) is 25.9. The summed E-state index contributed by atoms with van der Waals surface area (Å²) in [6, 6.07) is 0. The zero-order valence-corrected chi connectivity index (χ0v) is 53.5. The first-order valence-corrected chi connectivity index (χ1v) is 35.5. The van der Waals surface area contributed by atoms with Crippen molar-refractivity contribution in [2.24, 2.45) is 0 Å². The topological polar surface area (TPSA) is 111 Å². The Hall–Kier alpha value is -1.51. The van der Waals surface area contributed by atoms with Crippen molar-refractivity contribution < 1.29 is 42.1 Å². The van der Waals surface area contributed by atoms with E-state index in [-0.39, 0.29) is 32.0 Å². The predicted molar refractivity (Wildman–Crippen MR) is 333 cm³/mol. The normalized spacial score (nSPS) is 13.3. The van der Waals surface area contributed by atoms with Crippen LogP contribution in [0.15, 0.2) is 24.3 Å². The molecule has 0 amide bonds. The highest BCUT2D eigenvalue weighted by molar-refractivity contribution is 7.45. The van der Waals surface area contributed by atoms with Crippen LogP contribution in [-0.4, -0.2) is 70.0 Å². The van der Waals surface area contributed by atoms with Gasteiger partial charge in [-0.05, 0) is 64.2 Å². The van der Waals surface area contributed by atoms with Gasteiger partial charge in [0.2, 0.25) is 0 Å². The fraction of sp³-hybridized carbons (Fsp3) is 0.912. The fourth-order valence-corrected chi connectivity index (χ4v) is 10.9. The van der Waals surface area contributed by atoms with Crippen LogP contribution in [0.4, 0.5) is 0 Å². The maximum atomic E-state index is 12.8. The quantitative estimate of drug-likeness (QED) is 0.0195. The Morgan fingerprint density at radius 1 is 0.385 bits per heavy atom. The highest BCUT2D eigenvalue weighted by atomic mass is 31.2. The molecule has 9 nitrogen and oxygen atoms in total. The lowest BCUT2D eigenvalue weighted by Gasteiger charge is -2.28. The van der Waals surface area contributed by atoms with Crippen LogP contribution in [0, 0.1) is 0 Å². The van der Waals surface area contributed by atoms with E-state index in [1.807, 2.05) is 21.1 Å². The van der Waals surface area contributed by atoms with Gasteiger partial charge in [-0.15, -0.1) is 0 Å². The van der Waals surface area contributed by atoms with E-state index in [4.69, 9.17) is 18.5 Å². The molecule has 0 bridgehead atoms. The number of rotatable bonds is 64. The van der Waals surface area contributed by atoms with Crippen molar-refractivity contribution in [3.8, 4) is 0 Å². The summed E-state index contributed by atoms with van der Waals surface area (Å²) in [4.78, 5) is 38.0. The van der Waals surface area contributed by atoms with Gasteiger partial charge >= 0.3 is 11.9 Å². The fourth-order valence-electron chi connectivity index (χ4n) is 10.2. The van der Waals surface area contributed by atoms with Gasteiger partial charge in [-0.25, -0.2) is 0 Å². The van der Waals surface area contributed by atoms with Crippen molar-refractivity contribution in [1.29, 1.82) is 0 Å². The van der Waals surface area contributed by atoms with Crippen LogP contribution in [0.25, 0.3) is 0 Å². The summed E-state index contributed by atoms with van der Waals surface area (Å²) in [5, 5.41) is 0. The van der Waals surface area contributed by atoms with Crippen molar-refractivity contribution in [2.45, 2.75) is 354 Å². The SMILES string of the molecule is CCCCCCCCCC/C=C\CCCCCCCCCCCCCCCCCCCC(=O)OC(COC(=O)CCCCCCCCCCCCCCC/C=C\CCCCCCCCCC)COP(=O)([O-])OCC[N+](C)(C)C. The molecule has 0 aromatic carbocycles. The van der Waals surface area contributed by atoms with Gasteiger partial charge in [0.15, 0.2) is 6.10 Å². The number of quaternary nitrogens is 1. The van der Waals surface area contributed by atoms with Gasteiger partial charge in [-0.2, -0.15) is 0 Å². The van der Waals surface area contributed by atoms with Crippen LogP contribution in [0.3, 0.4) is 0 Å². The van der Waals surface area contributed by atoms with E-state index in [0.717, 1.165) is 32.1 Å². The second kappa shape index (κ2) is 60.1. The lowest BCUT2D eigenvalue weighted by molar-refractivity contribution is -0.870. The number of allylic oxidation sites excluding steroid dienone is 4. The minimum Gasteiger partial charge on any atom is -0.756 e. The second-order valence-electron chi connectivity index (χ2n) is 24.5. The van der Waals surface area contributed by atoms with Crippen molar-refractivity contribution in [3.63, 3.8) is 0 Å². The Morgan fingerprint density at radius 3 is 0.949 bits per heavy atom. The summed E-state index contributed by atoms with van der Waals surface area (Å²) in [6.45, 7) is 4.31. The zero-order valence-electron chi connectivity index (χ0n) is 52.6. The maximum Gasteiger partial charge on any atom is 0.306 e. The Balaban J connectivity index is 4.02. The number of hydrogen-bond acceptors (Lipinski definition) is 8. The molecule has 0 fully saturated rings.